The van der Waals surface area contributed by atoms with E-state index in [9.17, 15) is 9.59 Å². The van der Waals surface area contributed by atoms with Crippen molar-refractivity contribution in [3.63, 3.8) is 0 Å². The van der Waals surface area contributed by atoms with Crippen molar-refractivity contribution in [2.45, 2.75) is 82.9 Å². The highest BCUT2D eigenvalue weighted by Gasteiger charge is 2.37. The lowest BCUT2D eigenvalue weighted by Gasteiger charge is -2.45. The molecule has 2 N–H and O–H groups in total. The van der Waals surface area contributed by atoms with Crippen molar-refractivity contribution in [1.29, 1.82) is 0 Å². The van der Waals surface area contributed by atoms with Gasteiger partial charge in [0, 0.05) is 24.5 Å². The highest BCUT2D eigenvalue weighted by Crippen LogP contribution is 2.36. The fourth-order valence-electron chi connectivity index (χ4n) is 4.13. The number of amides is 2. The SMILES string of the molecule is CN(C)C1(CCc2ccccc2)CCC(NC(=O)CCNC(=O)OC(C)(C)C)CC1. The summed E-state index contributed by atoms with van der Waals surface area (Å²) in [6.45, 7) is 5.73. The minimum Gasteiger partial charge on any atom is -0.444 e. The Balaban J connectivity index is 1.73. The molecule has 1 aromatic rings. The number of hydrogen-bond donors (Lipinski definition) is 2. The second-order valence-corrected chi connectivity index (χ2v) is 9.62. The molecule has 6 heteroatoms. The highest BCUT2D eigenvalue weighted by molar-refractivity contribution is 5.77. The van der Waals surface area contributed by atoms with Crippen LogP contribution >= 0.6 is 0 Å². The van der Waals surface area contributed by atoms with Gasteiger partial charge in [-0.15, -0.1) is 0 Å². The summed E-state index contributed by atoms with van der Waals surface area (Å²) in [7, 11) is 4.35. The van der Waals surface area contributed by atoms with Crippen LogP contribution < -0.4 is 10.6 Å². The first kappa shape index (κ1) is 24.2. The van der Waals surface area contributed by atoms with Crippen LogP contribution in [0, 0.1) is 0 Å². The van der Waals surface area contributed by atoms with Crippen LogP contribution in [0.25, 0.3) is 0 Å². The van der Waals surface area contributed by atoms with E-state index in [-0.39, 0.29) is 30.5 Å². The van der Waals surface area contributed by atoms with E-state index < -0.39 is 11.7 Å². The normalized spacial score (nSPS) is 21.9. The van der Waals surface area contributed by atoms with Gasteiger partial charge in [0.25, 0.3) is 0 Å². The summed E-state index contributed by atoms with van der Waals surface area (Å²) < 4.78 is 5.18. The van der Waals surface area contributed by atoms with Crippen molar-refractivity contribution in [1.82, 2.24) is 15.5 Å². The van der Waals surface area contributed by atoms with Crippen molar-refractivity contribution >= 4 is 12.0 Å². The monoisotopic (exact) mass is 417 g/mol. The van der Waals surface area contributed by atoms with Crippen LogP contribution in [-0.2, 0) is 16.0 Å². The summed E-state index contributed by atoms with van der Waals surface area (Å²) in [6, 6.07) is 10.9. The van der Waals surface area contributed by atoms with E-state index in [1.807, 2.05) is 20.8 Å². The van der Waals surface area contributed by atoms with Crippen molar-refractivity contribution in [2.75, 3.05) is 20.6 Å². The number of nitrogens with zero attached hydrogens (tertiary/aromatic N) is 1. The van der Waals surface area contributed by atoms with Gasteiger partial charge in [-0.2, -0.15) is 0 Å². The van der Waals surface area contributed by atoms with E-state index in [2.05, 4.69) is 60.0 Å². The third kappa shape index (κ3) is 7.98. The van der Waals surface area contributed by atoms with Gasteiger partial charge in [0.1, 0.15) is 5.60 Å². The zero-order valence-corrected chi connectivity index (χ0v) is 19.3. The molecule has 30 heavy (non-hydrogen) atoms. The molecule has 168 valence electrons. The van der Waals surface area contributed by atoms with Crippen LogP contribution in [0.2, 0.25) is 0 Å². The van der Waals surface area contributed by atoms with Crippen molar-refractivity contribution < 1.29 is 14.3 Å². The number of alkyl carbamates (subject to hydrolysis) is 1. The molecule has 0 radical (unpaired) electrons. The van der Waals surface area contributed by atoms with E-state index in [1.54, 1.807) is 0 Å². The van der Waals surface area contributed by atoms with Crippen LogP contribution in [0.5, 0.6) is 0 Å². The lowest BCUT2D eigenvalue weighted by atomic mass is 9.75. The molecular weight excluding hydrogens is 378 g/mol. The Bertz CT molecular complexity index is 675. The molecule has 6 nitrogen and oxygen atoms in total. The molecule has 0 spiro atoms. The molecule has 0 bridgehead atoms. The molecule has 1 aromatic carbocycles. The minimum absolute atomic E-state index is 0.0160. The maximum atomic E-state index is 12.3. The molecule has 0 atom stereocenters. The van der Waals surface area contributed by atoms with Crippen molar-refractivity contribution in [2.24, 2.45) is 0 Å². The Morgan fingerprint density at radius 2 is 1.77 bits per heavy atom. The van der Waals surface area contributed by atoms with Gasteiger partial charge in [-0.25, -0.2) is 4.79 Å². The van der Waals surface area contributed by atoms with Gasteiger partial charge in [0.2, 0.25) is 5.91 Å². The Hall–Kier alpha value is -2.08. The van der Waals surface area contributed by atoms with E-state index in [1.165, 1.54) is 5.56 Å². The van der Waals surface area contributed by atoms with E-state index in [0.717, 1.165) is 38.5 Å². The molecule has 2 amide bonds. The fourth-order valence-corrected chi connectivity index (χ4v) is 4.13. The Labute approximate surface area is 181 Å². The fraction of sp³-hybridized carbons (Fsp3) is 0.667. The number of nitrogens with one attached hydrogen (secondary N) is 2. The lowest BCUT2D eigenvalue weighted by molar-refractivity contribution is -0.122. The van der Waals surface area contributed by atoms with E-state index >= 15 is 0 Å². The van der Waals surface area contributed by atoms with Gasteiger partial charge in [0.05, 0.1) is 0 Å². The molecule has 0 aromatic heterocycles. The number of aryl methyl sites for hydroxylation is 1. The number of hydrogen-bond acceptors (Lipinski definition) is 4. The number of carbonyl (C=O) groups is 2. The summed E-state index contributed by atoms with van der Waals surface area (Å²) in [4.78, 5) is 26.3. The molecule has 0 saturated heterocycles. The van der Waals surface area contributed by atoms with Gasteiger partial charge < -0.3 is 20.3 Å². The number of rotatable bonds is 8. The average molecular weight is 418 g/mol. The van der Waals surface area contributed by atoms with Gasteiger partial charge in [-0.1, -0.05) is 30.3 Å². The third-order valence-corrected chi connectivity index (χ3v) is 5.97. The summed E-state index contributed by atoms with van der Waals surface area (Å²) in [6.07, 6.45) is 6.11. The van der Waals surface area contributed by atoms with Crippen molar-refractivity contribution in [3.05, 3.63) is 35.9 Å². The first-order chi connectivity index (χ1) is 14.1. The molecule has 1 saturated carbocycles. The summed E-state index contributed by atoms with van der Waals surface area (Å²) in [5, 5.41) is 5.78. The van der Waals surface area contributed by atoms with E-state index in [0.29, 0.717) is 0 Å². The molecule has 1 aliphatic carbocycles. The second-order valence-electron chi connectivity index (χ2n) is 9.62. The Morgan fingerprint density at radius 1 is 1.13 bits per heavy atom. The quantitative estimate of drug-likeness (QED) is 0.673. The summed E-state index contributed by atoms with van der Waals surface area (Å²) >= 11 is 0. The minimum atomic E-state index is -0.534. The maximum Gasteiger partial charge on any atom is 0.407 e. The molecule has 1 fully saturated rings. The topological polar surface area (TPSA) is 70.7 Å². The van der Waals surface area contributed by atoms with Crippen LogP contribution in [0.1, 0.15) is 64.9 Å². The summed E-state index contributed by atoms with van der Waals surface area (Å²) in [5.41, 5.74) is 1.04. The number of benzene rings is 1. The predicted octanol–water partition coefficient (Wildman–Crippen LogP) is 3.89. The summed E-state index contributed by atoms with van der Waals surface area (Å²) in [5.74, 6) is -0.0160. The average Bonchev–Trinajstić information content (AvgIpc) is 2.67. The number of ether oxygens (including phenoxy) is 1. The highest BCUT2D eigenvalue weighted by atomic mass is 16.6. The molecule has 1 aliphatic rings. The van der Waals surface area contributed by atoms with Gasteiger partial charge in [-0.3, -0.25) is 4.79 Å². The largest absolute Gasteiger partial charge is 0.444 e. The first-order valence-electron chi connectivity index (χ1n) is 11.1. The maximum absolute atomic E-state index is 12.3. The van der Waals surface area contributed by atoms with Gasteiger partial charge in [-0.05, 0) is 79.0 Å². The predicted molar refractivity (Wildman–Crippen MR) is 120 cm³/mol. The third-order valence-electron chi connectivity index (χ3n) is 5.97. The lowest BCUT2D eigenvalue weighted by Crippen LogP contribution is -2.51. The smallest absolute Gasteiger partial charge is 0.407 e. The van der Waals surface area contributed by atoms with Crippen LogP contribution in [-0.4, -0.2) is 54.7 Å². The van der Waals surface area contributed by atoms with Crippen LogP contribution in [0.3, 0.4) is 0 Å². The van der Waals surface area contributed by atoms with Crippen LogP contribution in [0.4, 0.5) is 4.79 Å². The van der Waals surface area contributed by atoms with Gasteiger partial charge in [0.15, 0.2) is 0 Å². The Morgan fingerprint density at radius 3 is 2.33 bits per heavy atom. The van der Waals surface area contributed by atoms with Crippen molar-refractivity contribution in [3.8, 4) is 0 Å². The zero-order chi connectivity index (χ0) is 22.2. The van der Waals surface area contributed by atoms with Gasteiger partial charge >= 0.3 is 6.09 Å². The first-order valence-corrected chi connectivity index (χ1v) is 11.1. The van der Waals surface area contributed by atoms with Crippen LogP contribution in [0.15, 0.2) is 30.3 Å². The number of carbonyl (C=O) groups excluding carboxylic acids is 2. The second kappa shape index (κ2) is 10.8. The zero-order valence-electron chi connectivity index (χ0n) is 19.3. The molecule has 0 unspecified atom stereocenters. The van der Waals surface area contributed by atoms with E-state index in [4.69, 9.17) is 4.74 Å². The molecule has 2 rings (SSSR count). The molecule has 0 aliphatic heterocycles. The Kier molecular flexibility index (Phi) is 8.71. The standard InChI is InChI=1S/C24H39N3O3/c1-23(2,3)30-22(29)25-18-14-21(28)26-20-12-16-24(17-13-20,27(4)5)15-11-19-9-7-6-8-10-19/h6-10,20H,11-18H2,1-5H3,(H,25,29)(H,26,28). The molecular formula is C24H39N3O3. The molecule has 0 heterocycles.